The van der Waals surface area contributed by atoms with E-state index in [1.807, 2.05) is 0 Å². The van der Waals surface area contributed by atoms with Gasteiger partial charge in [0, 0.05) is 12.8 Å². The Morgan fingerprint density at radius 3 is 1.45 bits per heavy atom. The van der Waals surface area contributed by atoms with E-state index in [1.54, 1.807) is 48.5 Å². The zero-order valence-electron chi connectivity index (χ0n) is 16.1. The lowest BCUT2D eigenvalue weighted by Gasteiger charge is -2.13. The standard InChI is InChI=1S/C19H20Cl2N6O2S2/c20-12-6-1-3-8-14(12)22-18(30)26-24-16(28)10-5-11-17(29)25-27-19(31)23-15-9-4-2-7-13(15)21/h1-4,6-9H,5,10-11H2,(H,24,28)(H,25,29)(H2,22,26,30)(H2,23,27,31). The van der Waals surface area contributed by atoms with E-state index in [1.165, 1.54) is 0 Å². The molecule has 0 bridgehead atoms. The lowest BCUT2D eigenvalue weighted by molar-refractivity contribution is -0.123. The van der Waals surface area contributed by atoms with E-state index < -0.39 is 0 Å². The number of halogens is 2. The van der Waals surface area contributed by atoms with E-state index in [0.717, 1.165) is 0 Å². The van der Waals surface area contributed by atoms with Gasteiger partial charge < -0.3 is 10.6 Å². The van der Waals surface area contributed by atoms with Crippen molar-refractivity contribution in [2.45, 2.75) is 19.3 Å². The third kappa shape index (κ3) is 9.35. The molecule has 2 aromatic carbocycles. The molecule has 0 fully saturated rings. The second-order valence-electron chi connectivity index (χ2n) is 6.07. The summed E-state index contributed by atoms with van der Waals surface area (Å²) in [5.41, 5.74) is 11.3. The van der Waals surface area contributed by atoms with Gasteiger partial charge in [-0.15, -0.1) is 0 Å². The van der Waals surface area contributed by atoms with Crippen molar-refractivity contribution in [2.75, 3.05) is 10.6 Å². The highest BCUT2D eigenvalue weighted by Crippen LogP contribution is 2.20. The molecule has 31 heavy (non-hydrogen) atoms. The SMILES string of the molecule is O=C(CCCC(=O)NNC(=S)Nc1ccccc1Cl)NNC(=S)Nc1ccccc1Cl. The Balaban J connectivity index is 1.58. The van der Waals surface area contributed by atoms with E-state index in [9.17, 15) is 9.59 Å². The minimum absolute atomic E-state index is 0.122. The van der Waals surface area contributed by atoms with Crippen molar-refractivity contribution in [2.24, 2.45) is 0 Å². The predicted molar refractivity (Wildman–Crippen MR) is 132 cm³/mol. The molecule has 0 unspecified atom stereocenters. The number of para-hydroxylation sites is 2. The van der Waals surface area contributed by atoms with E-state index >= 15 is 0 Å². The Morgan fingerprint density at radius 2 is 1.06 bits per heavy atom. The van der Waals surface area contributed by atoms with Crippen molar-refractivity contribution in [1.82, 2.24) is 21.7 Å². The zero-order chi connectivity index (χ0) is 22.6. The molecule has 0 spiro atoms. The van der Waals surface area contributed by atoms with E-state index in [0.29, 0.717) is 27.8 Å². The van der Waals surface area contributed by atoms with Gasteiger partial charge >= 0.3 is 0 Å². The maximum Gasteiger partial charge on any atom is 0.238 e. The predicted octanol–water partition coefficient (Wildman–Crippen LogP) is 3.50. The van der Waals surface area contributed by atoms with Crippen LogP contribution >= 0.6 is 47.6 Å². The first-order chi connectivity index (χ1) is 14.8. The Bertz CT molecular complexity index is 885. The van der Waals surface area contributed by atoms with Gasteiger partial charge in [0.25, 0.3) is 0 Å². The van der Waals surface area contributed by atoms with Crippen molar-refractivity contribution in [3.05, 3.63) is 58.6 Å². The first-order valence-corrected chi connectivity index (χ1v) is 10.6. The van der Waals surface area contributed by atoms with E-state index in [4.69, 9.17) is 47.6 Å². The van der Waals surface area contributed by atoms with Crippen molar-refractivity contribution in [3.8, 4) is 0 Å². The average molecular weight is 499 g/mol. The fraction of sp³-hybridized carbons (Fsp3) is 0.158. The molecule has 2 aromatic rings. The third-order valence-corrected chi connectivity index (χ3v) is 4.75. The Morgan fingerprint density at radius 1 is 0.677 bits per heavy atom. The minimum atomic E-state index is -0.319. The zero-order valence-corrected chi connectivity index (χ0v) is 19.3. The van der Waals surface area contributed by atoms with Gasteiger partial charge in [-0.3, -0.25) is 31.3 Å². The number of amides is 2. The number of hydrogen-bond donors (Lipinski definition) is 6. The molecule has 0 atom stereocenters. The van der Waals surface area contributed by atoms with Gasteiger partial charge in [0.05, 0.1) is 21.4 Å². The summed E-state index contributed by atoms with van der Waals surface area (Å²) < 4.78 is 0. The molecular weight excluding hydrogens is 479 g/mol. The summed E-state index contributed by atoms with van der Waals surface area (Å²) in [6.45, 7) is 0. The number of carbonyl (C=O) groups excluding carboxylic acids is 2. The van der Waals surface area contributed by atoms with Crippen LogP contribution in [-0.4, -0.2) is 22.0 Å². The van der Waals surface area contributed by atoms with Crippen LogP contribution in [0.4, 0.5) is 11.4 Å². The number of carbonyl (C=O) groups is 2. The van der Waals surface area contributed by atoms with Crippen LogP contribution in [0.15, 0.2) is 48.5 Å². The summed E-state index contributed by atoms with van der Waals surface area (Å²) in [6.07, 6.45) is 0.575. The molecule has 0 aliphatic rings. The lowest BCUT2D eigenvalue weighted by Crippen LogP contribution is -2.44. The first-order valence-electron chi connectivity index (χ1n) is 9.06. The van der Waals surface area contributed by atoms with Crippen LogP contribution in [-0.2, 0) is 9.59 Å². The molecule has 0 radical (unpaired) electrons. The van der Waals surface area contributed by atoms with Crippen LogP contribution in [0.1, 0.15) is 19.3 Å². The molecule has 164 valence electrons. The minimum Gasteiger partial charge on any atom is -0.330 e. The highest BCUT2D eigenvalue weighted by Gasteiger charge is 2.08. The van der Waals surface area contributed by atoms with Crippen LogP contribution in [0.25, 0.3) is 0 Å². The number of benzene rings is 2. The number of rotatable bonds is 6. The number of anilines is 2. The quantitative estimate of drug-likeness (QED) is 0.265. The maximum absolute atomic E-state index is 11.9. The molecule has 0 saturated carbocycles. The molecule has 0 aliphatic heterocycles. The summed E-state index contributed by atoms with van der Waals surface area (Å²) in [5, 5.41) is 7.09. The molecule has 2 amide bonds. The van der Waals surface area contributed by atoms with Crippen molar-refractivity contribution < 1.29 is 9.59 Å². The summed E-state index contributed by atoms with van der Waals surface area (Å²) in [7, 11) is 0. The molecule has 0 aliphatic carbocycles. The fourth-order valence-electron chi connectivity index (χ4n) is 2.22. The van der Waals surface area contributed by atoms with Crippen LogP contribution in [0, 0.1) is 0 Å². The molecule has 2 rings (SSSR count). The van der Waals surface area contributed by atoms with Gasteiger partial charge in [0.1, 0.15) is 0 Å². The second kappa shape index (κ2) is 12.9. The number of nitrogens with one attached hydrogen (secondary N) is 6. The van der Waals surface area contributed by atoms with Crippen molar-refractivity contribution in [3.63, 3.8) is 0 Å². The molecule has 6 N–H and O–H groups in total. The van der Waals surface area contributed by atoms with Crippen molar-refractivity contribution >= 4 is 81.1 Å². The Kier molecular flexibility index (Phi) is 10.2. The van der Waals surface area contributed by atoms with Gasteiger partial charge in [0.15, 0.2) is 10.2 Å². The maximum atomic E-state index is 11.9. The van der Waals surface area contributed by atoms with Gasteiger partial charge in [0.2, 0.25) is 11.8 Å². The highest BCUT2D eigenvalue weighted by molar-refractivity contribution is 7.80. The molecule has 8 nitrogen and oxygen atoms in total. The van der Waals surface area contributed by atoms with Gasteiger partial charge in [-0.25, -0.2) is 0 Å². The first kappa shape index (κ1) is 24.6. The lowest BCUT2D eigenvalue weighted by atomic mass is 10.2. The summed E-state index contributed by atoms with van der Waals surface area (Å²) in [4.78, 5) is 23.7. The smallest absolute Gasteiger partial charge is 0.238 e. The van der Waals surface area contributed by atoms with Gasteiger partial charge in [-0.2, -0.15) is 0 Å². The van der Waals surface area contributed by atoms with Crippen molar-refractivity contribution in [1.29, 1.82) is 0 Å². The molecule has 0 saturated heterocycles. The summed E-state index contributed by atoms with van der Waals surface area (Å²) >= 11 is 22.2. The topological polar surface area (TPSA) is 106 Å². The average Bonchev–Trinajstić information content (AvgIpc) is 2.74. The number of hydrogen-bond acceptors (Lipinski definition) is 4. The highest BCUT2D eigenvalue weighted by atomic mass is 35.5. The van der Waals surface area contributed by atoms with Gasteiger partial charge in [-0.1, -0.05) is 47.5 Å². The van der Waals surface area contributed by atoms with Crippen LogP contribution in [0.5, 0.6) is 0 Å². The molecular formula is C19H20Cl2N6O2S2. The molecule has 0 heterocycles. The van der Waals surface area contributed by atoms with Crippen LogP contribution in [0.2, 0.25) is 10.0 Å². The van der Waals surface area contributed by atoms with Gasteiger partial charge in [-0.05, 0) is 55.1 Å². The van der Waals surface area contributed by atoms with E-state index in [-0.39, 0.29) is 34.9 Å². The normalized spacial score (nSPS) is 9.87. The van der Waals surface area contributed by atoms with Crippen LogP contribution < -0.4 is 32.3 Å². The number of thiocarbonyl (C=S) groups is 2. The number of hydrazine groups is 2. The van der Waals surface area contributed by atoms with E-state index in [2.05, 4.69) is 32.3 Å². The second-order valence-corrected chi connectivity index (χ2v) is 7.70. The third-order valence-electron chi connectivity index (χ3n) is 3.68. The molecule has 12 heteroatoms. The summed E-state index contributed by atoms with van der Waals surface area (Å²) in [6, 6.07) is 14.1. The Hall–Kier alpha value is -2.66. The Labute approximate surface area is 200 Å². The molecule has 0 aromatic heterocycles. The summed E-state index contributed by atoms with van der Waals surface area (Å²) in [5.74, 6) is -0.639. The fourth-order valence-corrected chi connectivity index (χ4v) is 2.91. The monoisotopic (exact) mass is 498 g/mol. The largest absolute Gasteiger partial charge is 0.330 e. The van der Waals surface area contributed by atoms with Crippen LogP contribution in [0.3, 0.4) is 0 Å².